The Balaban J connectivity index is 2.48. The van der Waals surface area contributed by atoms with Crippen molar-refractivity contribution < 1.29 is 10.2 Å². The topological polar surface area (TPSA) is 40.5 Å². The molecule has 0 amide bonds. The second-order valence-corrected chi connectivity index (χ2v) is 3.83. The van der Waals surface area contributed by atoms with Crippen LogP contribution in [0.5, 0.6) is 5.75 Å². The molecule has 1 aliphatic rings. The minimum Gasteiger partial charge on any atom is -0.508 e. The van der Waals surface area contributed by atoms with Crippen molar-refractivity contribution in [3.63, 3.8) is 0 Å². The average Bonchev–Trinajstić information content (AvgIpc) is 2.47. The molecule has 2 heteroatoms. The molecule has 0 bridgehead atoms. The summed E-state index contributed by atoms with van der Waals surface area (Å²) in [5, 5.41) is 19.9. The molecule has 14 heavy (non-hydrogen) atoms. The number of aromatic hydroxyl groups is 1. The van der Waals surface area contributed by atoms with Crippen molar-refractivity contribution >= 4 is 0 Å². The Morgan fingerprint density at radius 3 is 3.00 bits per heavy atom. The maximum absolute atomic E-state index is 10.3. The second kappa shape index (κ2) is 3.14. The molecule has 2 nitrogen and oxygen atoms in total. The summed E-state index contributed by atoms with van der Waals surface area (Å²) in [5.41, 5.74) is 0.935. The summed E-state index contributed by atoms with van der Waals surface area (Å²) < 4.78 is 0. The van der Waals surface area contributed by atoms with Crippen molar-refractivity contribution in [3.05, 3.63) is 42.0 Å². The zero-order chi connectivity index (χ0) is 10.2. The van der Waals surface area contributed by atoms with Gasteiger partial charge in [-0.15, -0.1) is 6.58 Å². The fourth-order valence-electron chi connectivity index (χ4n) is 2.19. The zero-order valence-corrected chi connectivity index (χ0v) is 8.03. The van der Waals surface area contributed by atoms with Gasteiger partial charge in [-0.3, -0.25) is 0 Å². The van der Waals surface area contributed by atoms with Crippen LogP contribution in [0.4, 0.5) is 0 Å². The Morgan fingerprint density at radius 1 is 1.50 bits per heavy atom. The van der Waals surface area contributed by atoms with E-state index in [1.54, 1.807) is 18.2 Å². The summed E-state index contributed by atoms with van der Waals surface area (Å²) in [6.45, 7) is 3.64. The Kier molecular flexibility index (Phi) is 2.08. The monoisotopic (exact) mass is 190 g/mol. The summed E-state index contributed by atoms with van der Waals surface area (Å²) in [7, 11) is 0. The van der Waals surface area contributed by atoms with Crippen molar-refractivity contribution in [3.8, 4) is 5.75 Å². The van der Waals surface area contributed by atoms with Crippen molar-refractivity contribution in [1.29, 1.82) is 0 Å². The maximum Gasteiger partial charge on any atom is 0.119 e. The van der Waals surface area contributed by atoms with E-state index in [0.29, 0.717) is 18.6 Å². The van der Waals surface area contributed by atoms with Gasteiger partial charge >= 0.3 is 0 Å². The molecule has 2 N–H and O–H groups in total. The van der Waals surface area contributed by atoms with Crippen molar-refractivity contribution in [1.82, 2.24) is 0 Å². The largest absolute Gasteiger partial charge is 0.508 e. The molecule has 0 saturated heterocycles. The van der Waals surface area contributed by atoms with Gasteiger partial charge in [-0.05, 0) is 30.9 Å². The molecule has 0 saturated carbocycles. The van der Waals surface area contributed by atoms with Crippen LogP contribution < -0.4 is 0 Å². The smallest absolute Gasteiger partial charge is 0.119 e. The SMILES string of the molecule is C=CCC1(O)CCc2c(O)cccc21. The number of aliphatic hydroxyl groups is 1. The molecule has 0 aromatic heterocycles. The predicted molar refractivity (Wildman–Crippen MR) is 55.1 cm³/mol. The lowest BCUT2D eigenvalue weighted by Crippen LogP contribution is -2.20. The van der Waals surface area contributed by atoms with E-state index in [4.69, 9.17) is 0 Å². The van der Waals surface area contributed by atoms with Crippen LogP contribution in [0.15, 0.2) is 30.9 Å². The van der Waals surface area contributed by atoms with Crippen LogP contribution in [-0.4, -0.2) is 10.2 Å². The van der Waals surface area contributed by atoms with Crippen LogP contribution in [0.1, 0.15) is 24.0 Å². The molecular formula is C12H14O2. The van der Waals surface area contributed by atoms with Gasteiger partial charge in [0.05, 0.1) is 5.60 Å². The third-order valence-corrected chi connectivity index (χ3v) is 2.92. The molecule has 1 aromatic carbocycles. The maximum atomic E-state index is 10.3. The number of phenols is 1. The van der Waals surface area contributed by atoms with Crippen LogP contribution in [0.25, 0.3) is 0 Å². The first-order valence-corrected chi connectivity index (χ1v) is 4.82. The number of rotatable bonds is 2. The molecule has 1 atom stereocenters. The highest BCUT2D eigenvalue weighted by Crippen LogP contribution is 2.42. The summed E-state index contributed by atoms with van der Waals surface area (Å²) in [5.74, 6) is 0.294. The second-order valence-electron chi connectivity index (χ2n) is 3.83. The average molecular weight is 190 g/mol. The van der Waals surface area contributed by atoms with E-state index >= 15 is 0 Å². The number of benzene rings is 1. The van der Waals surface area contributed by atoms with Crippen LogP contribution in [0.2, 0.25) is 0 Å². The van der Waals surface area contributed by atoms with E-state index in [9.17, 15) is 10.2 Å². The van der Waals surface area contributed by atoms with E-state index < -0.39 is 5.60 Å². The Morgan fingerprint density at radius 2 is 2.29 bits per heavy atom. The van der Waals surface area contributed by atoms with Crippen molar-refractivity contribution in [2.75, 3.05) is 0 Å². The first-order chi connectivity index (χ1) is 6.67. The summed E-state index contributed by atoms with van der Waals surface area (Å²) in [4.78, 5) is 0. The van der Waals surface area contributed by atoms with Gasteiger partial charge in [-0.1, -0.05) is 18.2 Å². The molecular weight excluding hydrogens is 176 g/mol. The lowest BCUT2D eigenvalue weighted by Gasteiger charge is -2.22. The Hall–Kier alpha value is -1.28. The van der Waals surface area contributed by atoms with Crippen LogP contribution in [0, 0.1) is 0 Å². The Labute approximate surface area is 83.5 Å². The summed E-state index contributed by atoms with van der Waals surface area (Å²) in [6.07, 6.45) is 3.68. The summed E-state index contributed by atoms with van der Waals surface area (Å²) >= 11 is 0. The number of phenolic OH excluding ortho intramolecular Hbond substituents is 1. The zero-order valence-electron chi connectivity index (χ0n) is 8.03. The molecule has 1 aliphatic carbocycles. The lowest BCUT2D eigenvalue weighted by molar-refractivity contribution is 0.0419. The third-order valence-electron chi connectivity index (χ3n) is 2.92. The van der Waals surface area contributed by atoms with E-state index in [2.05, 4.69) is 6.58 Å². The van der Waals surface area contributed by atoms with E-state index in [-0.39, 0.29) is 0 Å². The fraction of sp³-hybridized carbons (Fsp3) is 0.333. The molecule has 0 aliphatic heterocycles. The first kappa shape index (κ1) is 9.28. The molecule has 0 fully saturated rings. The quantitative estimate of drug-likeness (QED) is 0.701. The van der Waals surface area contributed by atoms with E-state index in [1.165, 1.54) is 0 Å². The number of hydrogen-bond acceptors (Lipinski definition) is 2. The minimum atomic E-state index is -0.810. The molecule has 1 aromatic rings. The van der Waals surface area contributed by atoms with Gasteiger partial charge in [-0.25, -0.2) is 0 Å². The fourth-order valence-corrected chi connectivity index (χ4v) is 2.19. The highest BCUT2D eigenvalue weighted by Gasteiger charge is 2.36. The van der Waals surface area contributed by atoms with Crippen LogP contribution in [-0.2, 0) is 12.0 Å². The number of hydrogen-bond donors (Lipinski definition) is 2. The highest BCUT2D eigenvalue weighted by atomic mass is 16.3. The van der Waals surface area contributed by atoms with E-state index in [1.807, 2.05) is 6.07 Å². The van der Waals surface area contributed by atoms with Gasteiger partial charge < -0.3 is 10.2 Å². The third kappa shape index (κ3) is 1.23. The minimum absolute atomic E-state index is 0.294. The van der Waals surface area contributed by atoms with Crippen molar-refractivity contribution in [2.24, 2.45) is 0 Å². The van der Waals surface area contributed by atoms with Gasteiger partial charge in [0.25, 0.3) is 0 Å². The van der Waals surface area contributed by atoms with Gasteiger partial charge in [-0.2, -0.15) is 0 Å². The van der Waals surface area contributed by atoms with Crippen LogP contribution >= 0.6 is 0 Å². The molecule has 0 spiro atoms. The predicted octanol–water partition coefficient (Wildman–Crippen LogP) is 2.10. The Bertz CT molecular complexity index is 371. The van der Waals surface area contributed by atoms with Gasteiger partial charge in [0.1, 0.15) is 5.75 Å². The summed E-state index contributed by atoms with van der Waals surface area (Å²) in [6, 6.07) is 5.32. The molecule has 2 rings (SSSR count). The molecule has 0 heterocycles. The first-order valence-electron chi connectivity index (χ1n) is 4.82. The van der Waals surface area contributed by atoms with E-state index in [0.717, 1.165) is 17.5 Å². The van der Waals surface area contributed by atoms with Crippen molar-refractivity contribution in [2.45, 2.75) is 24.9 Å². The van der Waals surface area contributed by atoms with Gasteiger partial charge in [0, 0.05) is 5.56 Å². The standard InChI is InChI=1S/C12H14O2/c1-2-7-12(14)8-6-9-10(12)4-3-5-11(9)13/h2-5,13-14H,1,6-8H2. The van der Waals surface area contributed by atoms with Gasteiger partial charge in [0.2, 0.25) is 0 Å². The highest BCUT2D eigenvalue weighted by molar-refractivity contribution is 5.46. The molecule has 74 valence electrons. The van der Waals surface area contributed by atoms with Crippen LogP contribution in [0.3, 0.4) is 0 Å². The van der Waals surface area contributed by atoms with Gasteiger partial charge in [0.15, 0.2) is 0 Å². The number of fused-ring (bicyclic) bond motifs is 1. The lowest BCUT2D eigenvalue weighted by atomic mass is 9.92. The molecule has 1 unspecified atom stereocenters. The normalized spacial score (nSPS) is 24.6. The molecule has 0 radical (unpaired) electrons.